The van der Waals surface area contributed by atoms with Crippen LogP contribution in [0.3, 0.4) is 0 Å². The molecule has 0 aromatic heterocycles. The van der Waals surface area contributed by atoms with Crippen LogP contribution in [0.2, 0.25) is 0 Å². The maximum atomic E-state index is 10.1. The maximum Gasteiger partial charge on any atom is 0.0811 e. The zero-order valence-electron chi connectivity index (χ0n) is 19.7. The molecule has 170 valence electrons. The normalized spacial score (nSPS) is 38.8. The first-order chi connectivity index (χ1) is 14.0. The molecule has 3 aliphatic carbocycles. The average molecular weight is 417 g/mol. The number of rotatable bonds is 6. The Hall–Kier alpha value is -0.900. The highest BCUT2D eigenvalue weighted by Gasteiger charge is 2.50. The van der Waals surface area contributed by atoms with Gasteiger partial charge in [-0.2, -0.15) is 0 Å². The Morgan fingerprint density at radius 3 is 2.67 bits per heavy atom. The fraction of sp³-hybridized carbons (Fsp3) is 0.778. The smallest absolute Gasteiger partial charge is 0.0811 e. The molecule has 0 heterocycles. The Balaban J connectivity index is 1.70. The van der Waals surface area contributed by atoms with Gasteiger partial charge >= 0.3 is 0 Å². The van der Waals surface area contributed by atoms with Crippen LogP contribution < -0.4 is 0 Å². The van der Waals surface area contributed by atoms with E-state index in [1.807, 2.05) is 13.8 Å². The summed E-state index contributed by atoms with van der Waals surface area (Å²) in [6.45, 7) is 12.8. The number of hydrogen-bond donors (Lipinski definition) is 3. The Kier molecular flexibility index (Phi) is 7.37. The summed E-state index contributed by atoms with van der Waals surface area (Å²) in [6, 6.07) is 0. The summed E-state index contributed by atoms with van der Waals surface area (Å²) in [5.41, 5.74) is 3.17. The molecule has 0 unspecified atom stereocenters. The van der Waals surface area contributed by atoms with Crippen LogP contribution in [-0.2, 0) is 0 Å². The van der Waals surface area contributed by atoms with Crippen molar-refractivity contribution < 1.29 is 15.3 Å². The molecule has 3 aliphatic rings. The Labute approximate surface area is 184 Å². The average Bonchev–Trinajstić information content (AvgIpc) is 3.00. The monoisotopic (exact) mass is 416 g/mol. The summed E-state index contributed by atoms with van der Waals surface area (Å²) < 4.78 is 0. The number of aliphatic hydroxyl groups excluding tert-OH is 2. The molecule has 3 nitrogen and oxygen atoms in total. The lowest BCUT2D eigenvalue weighted by Crippen LogP contribution is -2.36. The summed E-state index contributed by atoms with van der Waals surface area (Å²) in [4.78, 5) is 0. The van der Waals surface area contributed by atoms with Crippen LogP contribution in [0.4, 0.5) is 0 Å². The van der Waals surface area contributed by atoms with E-state index in [2.05, 4.69) is 32.6 Å². The molecule has 3 fully saturated rings. The topological polar surface area (TPSA) is 60.7 Å². The van der Waals surface area contributed by atoms with Crippen LogP contribution in [-0.4, -0.2) is 33.1 Å². The van der Waals surface area contributed by atoms with Crippen molar-refractivity contribution in [2.24, 2.45) is 23.2 Å². The molecule has 0 aromatic rings. The quantitative estimate of drug-likeness (QED) is 0.520. The number of fused-ring (bicyclic) bond motifs is 1. The summed E-state index contributed by atoms with van der Waals surface area (Å²) >= 11 is 0. The molecular weight excluding hydrogens is 372 g/mol. The zero-order valence-corrected chi connectivity index (χ0v) is 19.7. The molecule has 30 heavy (non-hydrogen) atoms. The Morgan fingerprint density at radius 2 is 1.97 bits per heavy atom. The van der Waals surface area contributed by atoms with Crippen LogP contribution in [0.5, 0.6) is 0 Å². The van der Waals surface area contributed by atoms with Crippen molar-refractivity contribution in [3.8, 4) is 0 Å². The van der Waals surface area contributed by atoms with Crippen LogP contribution in [0, 0.1) is 23.2 Å². The van der Waals surface area contributed by atoms with Gasteiger partial charge in [-0.1, -0.05) is 51.0 Å². The van der Waals surface area contributed by atoms with Gasteiger partial charge < -0.3 is 15.3 Å². The first-order valence-corrected chi connectivity index (χ1v) is 12.2. The van der Waals surface area contributed by atoms with Gasteiger partial charge in [0.25, 0.3) is 0 Å². The van der Waals surface area contributed by atoms with E-state index in [-0.39, 0.29) is 0 Å². The van der Waals surface area contributed by atoms with Crippen LogP contribution >= 0.6 is 0 Å². The lowest BCUT2D eigenvalue weighted by atomic mass is 9.60. The lowest BCUT2D eigenvalue weighted by molar-refractivity contribution is 0.0596. The number of hydrogen-bond acceptors (Lipinski definition) is 3. The summed E-state index contributed by atoms with van der Waals surface area (Å²) in [6.07, 6.45) is 13.9. The second-order valence-corrected chi connectivity index (χ2v) is 11.3. The van der Waals surface area contributed by atoms with Crippen molar-refractivity contribution in [1.29, 1.82) is 0 Å². The first-order valence-electron chi connectivity index (χ1n) is 12.2. The van der Waals surface area contributed by atoms with Gasteiger partial charge in [-0.3, -0.25) is 0 Å². The Morgan fingerprint density at radius 1 is 1.23 bits per heavy atom. The summed E-state index contributed by atoms with van der Waals surface area (Å²) in [7, 11) is 0. The lowest BCUT2D eigenvalue weighted by Gasteiger charge is -2.44. The minimum absolute atomic E-state index is 0.374. The maximum absolute atomic E-state index is 10.1. The van der Waals surface area contributed by atoms with Crippen molar-refractivity contribution in [2.75, 3.05) is 0 Å². The molecule has 3 heteroatoms. The third-order valence-corrected chi connectivity index (χ3v) is 8.44. The SMILES string of the molecule is C=C1/C(=C\C=C2\CCC[C@@]3(C)[C@@H]([C@H](C)CCCC(C)(C)O)CC[C@@H]23)C[C@@H](O)C[C@@H]1O. The van der Waals surface area contributed by atoms with Gasteiger partial charge in [0.2, 0.25) is 0 Å². The molecule has 0 saturated heterocycles. The zero-order chi connectivity index (χ0) is 22.1. The molecule has 0 radical (unpaired) electrons. The molecule has 3 rings (SSSR count). The van der Waals surface area contributed by atoms with E-state index in [1.165, 1.54) is 38.5 Å². The van der Waals surface area contributed by atoms with Crippen molar-refractivity contribution in [3.63, 3.8) is 0 Å². The minimum atomic E-state index is -0.615. The van der Waals surface area contributed by atoms with E-state index < -0.39 is 17.8 Å². The molecule has 3 saturated carbocycles. The number of allylic oxidation sites excluding steroid dienone is 3. The molecular formula is C27H44O3. The molecule has 0 spiro atoms. The van der Waals surface area contributed by atoms with Crippen molar-refractivity contribution in [1.82, 2.24) is 0 Å². The van der Waals surface area contributed by atoms with Gasteiger partial charge in [-0.05, 0) is 93.1 Å². The largest absolute Gasteiger partial charge is 0.393 e. The predicted molar refractivity (Wildman–Crippen MR) is 124 cm³/mol. The molecule has 0 aromatic carbocycles. The molecule has 0 bridgehead atoms. The van der Waals surface area contributed by atoms with Crippen molar-refractivity contribution in [3.05, 3.63) is 35.5 Å². The van der Waals surface area contributed by atoms with Gasteiger partial charge in [-0.25, -0.2) is 0 Å². The second-order valence-electron chi connectivity index (χ2n) is 11.3. The molecule has 0 amide bonds. The predicted octanol–water partition coefficient (Wildman–Crippen LogP) is 5.70. The van der Waals surface area contributed by atoms with E-state index >= 15 is 0 Å². The fourth-order valence-corrected chi connectivity index (χ4v) is 6.74. The standard InChI is InChI=1S/C27H44O3/c1-18(8-6-14-26(3,4)30)23-12-13-24-20(9-7-15-27(23,24)5)10-11-21-16-22(28)17-25(29)19(21)2/h10-11,18,22-25,28-30H,2,6-9,12-17H2,1,3-5H3/b20-10-,21-11-/t18-,22-,23-,24+,25+,27+/m1/s1. The minimum Gasteiger partial charge on any atom is -0.393 e. The summed E-state index contributed by atoms with van der Waals surface area (Å²) in [5.74, 6) is 2.11. The molecule has 0 aliphatic heterocycles. The van der Waals surface area contributed by atoms with E-state index in [4.69, 9.17) is 0 Å². The van der Waals surface area contributed by atoms with Gasteiger partial charge in [0, 0.05) is 6.42 Å². The van der Waals surface area contributed by atoms with Crippen molar-refractivity contribution in [2.45, 2.75) is 110 Å². The highest BCUT2D eigenvalue weighted by molar-refractivity contribution is 5.38. The second kappa shape index (κ2) is 9.30. The summed E-state index contributed by atoms with van der Waals surface area (Å²) in [5, 5.41) is 30.2. The highest BCUT2D eigenvalue weighted by Crippen LogP contribution is 2.60. The fourth-order valence-electron chi connectivity index (χ4n) is 6.74. The van der Waals surface area contributed by atoms with Crippen molar-refractivity contribution >= 4 is 0 Å². The third-order valence-electron chi connectivity index (χ3n) is 8.44. The van der Waals surface area contributed by atoms with Gasteiger partial charge in [-0.15, -0.1) is 0 Å². The Bertz CT molecular complexity index is 683. The molecule has 6 atom stereocenters. The van der Waals surface area contributed by atoms with Gasteiger partial charge in [0.15, 0.2) is 0 Å². The van der Waals surface area contributed by atoms with Crippen LogP contribution in [0.1, 0.15) is 91.9 Å². The van der Waals surface area contributed by atoms with Crippen LogP contribution in [0.15, 0.2) is 35.5 Å². The van der Waals surface area contributed by atoms with E-state index in [1.54, 1.807) is 5.57 Å². The van der Waals surface area contributed by atoms with E-state index in [0.29, 0.717) is 30.1 Å². The first kappa shape index (κ1) is 23.8. The van der Waals surface area contributed by atoms with E-state index in [0.717, 1.165) is 29.9 Å². The van der Waals surface area contributed by atoms with Gasteiger partial charge in [0.05, 0.1) is 17.8 Å². The van der Waals surface area contributed by atoms with Gasteiger partial charge in [0.1, 0.15) is 0 Å². The highest BCUT2D eigenvalue weighted by atomic mass is 16.3. The third kappa shape index (κ3) is 5.29. The molecule has 3 N–H and O–H groups in total. The number of aliphatic hydroxyl groups is 3. The van der Waals surface area contributed by atoms with Crippen LogP contribution in [0.25, 0.3) is 0 Å². The van der Waals surface area contributed by atoms with E-state index in [9.17, 15) is 15.3 Å².